The van der Waals surface area contributed by atoms with Crippen molar-refractivity contribution in [3.63, 3.8) is 0 Å². The van der Waals surface area contributed by atoms with Gasteiger partial charge in [-0.25, -0.2) is 4.79 Å². The molecule has 1 saturated heterocycles. The molecule has 0 saturated carbocycles. The Kier molecular flexibility index (Phi) is 7.15. The highest BCUT2D eigenvalue weighted by Crippen LogP contribution is 2.20. The van der Waals surface area contributed by atoms with Crippen LogP contribution in [0.3, 0.4) is 0 Å². The van der Waals surface area contributed by atoms with Crippen molar-refractivity contribution in [3.05, 3.63) is 48.0 Å². The number of fused-ring (bicyclic) bond motifs is 1. The van der Waals surface area contributed by atoms with Gasteiger partial charge in [-0.3, -0.25) is 9.59 Å². The van der Waals surface area contributed by atoms with E-state index in [2.05, 4.69) is 10.6 Å². The summed E-state index contributed by atoms with van der Waals surface area (Å²) in [5.74, 6) is 0.128. The Morgan fingerprint density at radius 1 is 1.00 bits per heavy atom. The highest BCUT2D eigenvalue weighted by molar-refractivity contribution is 6.07. The highest BCUT2D eigenvalue weighted by Gasteiger charge is 2.24. The molecule has 0 radical (unpaired) electrons. The first-order valence-electron chi connectivity index (χ1n) is 10.7. The maximum absolute atomic E-state index is 12.7. The van der Waals surface area contributed by atoms with E-state index in [-0.39, 0.29) is 18.4 Å². The van der Waals surface area contributed by atoms with Crippen LogP contribution in [0.2, 0.25) is 0 Å². The van der Waals surface area contributed by atoms with Crippen molar-refractivity contribution in [1.82, 2.24) is 15.5 Å². The second kappa shape index (κ2) is 9.81. The lowest BCUT2D eigenvalue weighted by molar-refractivity contribution is -0.131. The number of piperidine rings is 1. The molecule has 7 heteroatoms. The number of amides is 3. The van der Waals surface area contributed by atoms with Gasteiger partial charge in [0.2, 0.25) is 5.91 Å². The van der Waals surface area contributed by atoms with Crippen LogP contribution in [0.4, 0.5) is 4.79 Å². The predicted molar refractivity (Wildman–Crippen MR) is 120 cm³/mol. The molecule has 2 N–H and O–H groups in total. The number of hydrogen-bond acceptors (Lipinski definition) is 4. The summed E-state index contributed by atoms with van der Waals surface area (Å²) in [6.07, 6.45) is 1.04. The van der Waals surface area contributed by atoms with Gasteiger partial charge in [0.15, 0.2) is 0 Å². The number of alkyl carbamates (subject to hydrolysis) is 1. The normalized spacial score (nSPS) is 14.9. The predicted octanol–water partition coefficient (Wildman–Crippen LogP) is 3.33. The fraction of sp³-hybridized carbons (Fsp3) is 0.458. The van der Waals surface area contributed by atoms with Crippen LogP contribution in [-0.4, -0.2) is 54.6 Å². The van der Waals surface area contributed by atoms with E-state index in [1.807, 2.05) is 42.5 Å². The van der Waals surface area contributed by atoms with Crippen LogP contribution in [0, 0.1) is 5.92 Å². The first kappa shape index (κ1) is 22.6. The minimum Gasteiger partial charge on any atom is -0.444 e. The first-order valence-corrected chi connectivity index (χ1v) is 10.7. The molecule has 0 spiro atoms. The third-order valence-corrected chi connectivity index (χ3v) is 5.34. The lowest BCUT2D eigenvalue weighted by atomic mass is 9.96. The van der Waals surface area contributed by atoms with E-state index >= 15 is 0 Å². The largest absolute Gasteiger partial charge is 0.444 e. The summed E-state index contributed by atoms with van der Waals surface area (Å²) in [7, 11) is 0. The smallest absolute Gasteiger partial charge is 0.408 e. The Hall–Kier alpha value is -3.09. The zero-order chi connectivity index (χ0) is 22.4. The molecule has 1 fully saturated rings. The number of benzene rings is 2. The van der Waals surface area contributed by atoms with E-state index in [0.717, 1.165) is 23.6 Å². The van der Waals surface area contributed by atoms with Crippen molar-refractivity contribution in [3.8, 4) is 0 Å². The quantitative estimate of drug-likeness (QED) is 0.769. The van der Waals surface area contributed by atoms with Crippen molar-refractivity contribution in [2.75, 3.05) is 26.2 Å². The summed E-state index contributed by atoms with van der Waals surface area (Å²) in [5, 5.41) is 7.55. The maximum atomic E-state index is 12.7. The molecule has 0 aliphatic carbocycles. The van der Waals surface area contributed by atoms with Crippen LogP contribution in [0.5, 0.6) is 0 Å². The van der Waals surface area contributed by atoms with E-state index in [0.29, 0.717) is 31.1 Å². The van der Waals surface area contributed by atoms with Gasteiger partial charge in [-0.15, -0.1) is 0 Å². The Morgan fingerprint density at radius 3 is 2.39 bits per heavy atom. The zero-order valence-corrected chi connectivity index (χ0v) is 18.4. The monoisotopic (exact) mass is 425 g/mol. The van der Waals surface area contributed by atoms with E-state index in [4.69, 9.17) is 4.74 Å². The van der Waals surface area contributed by atoms with Crippen LogP contribution in [-0.2, 0) is 9.53 Å². The van der Waals surface area contributed by atoms with E-state index in [1.165, 1.54) is 0 Å². The van der Waals surface area contributed by atoms with Crippen molar-refractivity contribution in [2.45, 2.75) is 39.2 Å². The molecule has 31 heavy (non-hydrogen) atoms. The molecule has 1 aliphatic rings. The summed E-state index contributed by atoms with van der Waals surface area (Å²) in [6.45, 7) is 7.07. The van der Waals surface area contributed by atoms with Gasteiger partial charge in [0.05, 0.1) is 0 Å². The number of hydrogen-bond donors (Lipinski definition) is 2. The molecule has 166 valence electrons. The van der Waals surface area contributed by atoms with Gasteiger partial charge in [0, 0.05) is 25.2 Å². The zero-order valence-electron chi connectivity index (χ0n) is 18.4. The Bertz CT molecular complexity index is 938. The van der Waals surface area contributed by atoms with Gasteiger partial charge in [-0.2, -0.15) is 0 Å². The summed E-state index contributed by atoms with van der Waals surface area (Å²) in [5.41, 5.74) is 0.0843. The SMILES string of the molecule is CC(C)(C)OC(=O)NCC(=O)N1CCC(CNC(=O)c2cccc3ccccc23)CC1. The van der Waals surface area contributed by atoms with Crippen LogP contribution in [0.1, 0.15) is 44.0 Å². The van der Waals surface area contributed by atoms with Gasteiger partial charge < -0.3 is 20.3 Å². The average molecular weight is 426 g/mol. The summed E-state index contributed by atoms with van der Waals surface area (Å²) in [4.78, 5) is 38.5. The van der Waals surface area contributed by atoms with Gasteiger partial charge >= 0.3 is 6.09 Å². The van der Waals surface area contributed by atoms with E-state index in [1.54, 1.807) is 25.7 Å². The molecule has 2 aromatic carbocycles. The lowest BCUT2D eigenvalue weighted by Gasteiger charge is -2.32. The number of rotatable bonds is 5. The second-order valence-electron chi connectivity index (χ2n) is 8.92. The molecule has 0 bridgehead atoms. The molecule has 3 amide bonds. The number of likely N-dealkylation sites (tertiary alicyclic amines) is 1. The molecule has 0 atom stereocenters. The van der Waals surface area contributed by atoms with E-state index < -0.39 is 11.7 Å². The molecule has 0 unspecified atom stereocenters. The molecule has 1 heterocycles. The third-order valence-electron chi connectivity index (χ3n) is 5.34. The highest BCUT2D eigenvalue weighted by atomic mass is 16.6. The van der Waals surface area contributed by atoms with E-state index in [9.17, 15) is 14.4 Å². The number of ether oxygens (including phenoxy) is 1. The fourth-order valence-electron chi connectivity index (χ4n) is 3.72. The Balaban J connectivity index is 1.42. The van der Waals surface area contributed by atoms with Crippen LogP contribution >= 0.6 is 0 Å². The van der Waals surface area contributed by atoms with Gasteiger partial charge in [-0.05, 0) is 56.4 Å². The second-order valence-corrected chi connectivity index (χ2v) is 8.92. The molecule has 7 nitrogen and oxygen atoms in total. The fourth-order valence-corrected chi connectivity index (χ4v) is 3.72. The van der Waals surface area contributed by atoms with Crippen molar-refractivity contribution in [1.29, 1.82) is 0 Å². The topological polar surface area (TPSA) is 87.7 Å². The Labute approximate surface area is 183 Å². The van der Waals surface area contributed by atoms with Crippen molar-refractivity contribution in [2.24, 2.45) is 5.92 Å². The number of carbonyl (C=O) groups is 3. The van der Waals surface area contributed by atoms with Gasteiger partial charge in [0.1, 0.15) is 12.1 Å². The number of carbonyl (C=O) groups excluding carboxylic acids is 3. The third kappa shape index (κ3) is 6.44. The molecule has 2 aromatic rings. The van der Waals surface area contributed by atoms with Crippen molar-refractivity contribution >= 4 is 28.7 Å². The van der Waals surface area contributed by atoms with Gasteiger partial charge in [-0.1, -0.05) is 36.4 Å². The summed E-state index contributed by atoms with van der Waals surface area (Å²) < 4.78 is 5.15. The average Bonchev–Trinajstić information content (AvgIpc) is 2.74. The molecule has 1 aliphatic heterocycles. The molecular formula is C24H31N3O4. The molecule has 3 rings (SSSR count). The lowest BCUT2D eigenvalue weighted by Crippen LogP contribution is -2.46. The minimum atomic E-state index is -0.595. The summed E-state index contributed by atoms with van der Waals surface area (Å²) >= 11 is 0. The van der Waals surface area contributed by atoms with Gasteiger partial charge in [0.25, 0.3) is 5.91 Å². The van der Waals surface area contributed by atoms with Crippen molar-refractivity contribution < 1.29 is 19.1 Å². The summed E-state index contributed by atoms with van der Waals surface area (Å²) in [6, 6.07) is 13.6. The van der Waals surface area contributed by atoms with Crippen LogP contribution in [0.15, 0.2) is 42.5 Å². The molecule has 0 aromatic heterocycles. The van der Waals surface area contributed by atoms with Crippen LogP contribution < -0.4 is 10.6 Å². The number of nitrogens with one attached hydrogen (secondary N) is 2. The standard InChI is InChI=1S/C24H31N3O4/c1-24(2,3)31-23(30)26-16-21(28)27-13-11-17(12-14-27)15-25-22(29)20-10-6-8-18-7-4-5-9-19(18)20/h4-10,17H,11-16H2,1-3H3,(H,25,29)(H,26,30). The maximum Gasteiger partial charge on any atom is 0.408 e. The Morgan fingerprint density at radius 2 is 1.68 bits per heavy atom. The van der Waals surface area contributed by atoms with Crippen LogP contribution in [0.25, 0.3) is 10.8 Å². The number of nitrogens with zero attached hydrogens (tertiary/aromatic N) is 1. The minimum absolute atomic E-state index is 0.0720. The molecular weight excluding hydrogens is 394 g/mol. The first-order chi connectivity index (χ1) is 14.7.